The number of fused-ring (bicyclic) bond motifs is 1. The minimum absolute atomic E-state index is 0.0620. The number of amides is 1. The number of nitrogens with one attached hydrogen (secondary N) is 1. The first kappa shape index (κ1) is 15.6. The van der Waals surface area contributed by atoms with Gasteiger partial charge < -0.3 is 5.32 Å². The van der Waals surface area contributed by atoms with Crippen LogP contribution in [0, 0.1) is 5.41 Å². The molecule has 0 heterocycles. The van der Waals surface area contributed by atoms with E-state index in [-0.39, 0.29) is 11.3 Å². The van der Waals surface area contributed by atoms with Crippen LogP contribution in [0.4, 0.5) is 0 Å². The van der Waals surface area contributed by atoms with Crippen molar-refractivity contribution in [3.63, 3.8) is 0 Å². The maximum absolute atomic E-state index is 12.3. The number of alkyl halides is 1. The van der Waals surface area contributed by atoms with Crippen LogP contribution in [-0.2, 0) is 12.8 Å². The molecule has 1 aliphatic carbocycles. The Bertz CT molecular complexity index is 472. The summed E-state index contributed by atoms with van der Waals surface area (Å²) in [5.41, 5.74) is 3.75. The first-order chi connectivity index (χ1) is 9.64. The van der Waals surface area contributed by atoms with Gasteiger partial charge in [-0.25, -0.2) is 0 Å². The number of carbonyl (C=O) groups is 1. The van der Waals surface area contributed by atoms with Gasteiger partial charge >= 0.3 is 0 Å². The maximum atomic E-state index is 12.3. The number of halogens is 1. The molecule has 1 aliphatic rings. The second kappa shape index (κ2) is 6.75. The second-order valence-corrected chi connectivity index (χ2v) is 6.42. The van der Waals surface area contributed by atoms with Crippen LogP contribution in [0.3, 0.4) is 0 Å². The Morgan fingerprint density at radius 2 is 1.95 bits per heavy atom. The Hall–Kier alpha value is -0.830. The predicted octanol–water partition coefficient (Wildman–Crippen LogP) is 4.11. The highest BCUT2D eigenvalue weighted by Gasteiger charge is 2.25. The molecule has 0 saturated carbocycles. The summed E-state index contributed by atoms with van der Waals surface area (Å²) in [6.45, 7) is 5.11. The Morgan fingerprint density at radius 1 is 1.25 bits per heavy atom. The molecule has 0 radical (unpaired) electrons. The molecular formula is C17H24BrNO. The summed E-state index contributed by atoms with van der Waals surface area (Å²) < 4.78 is 0. The van der Waals surface area contributed by atoms with Crippen molar-refractivity contribution in [2.45, 2.75) is 46.0 Å². The van der Waals surface area contributed by atoms with E-state index in [1.54, 1.807) is 0 Å². The Labute approximate surface area is 130 Å². The van der Waals surface area contributed by atoms with Gasteiger partial charge in [0.05, 0.1) is 0 Å². The quantitative estimate of drug-likeness (QED) is 0.777. The lowest BCUT2D eigenvalue weighted by molar-refractivity contribution is 0.0932. The molecular weight excluding hydrogens is 314 g/mol. The van der Waals surface area contributed by atoms with Gasteiger partial charge in [0.25, 0.3) is 5.91 Å². The second-order valence-electron chi connectivity index (χ2n) is 5.86. The monoisotopic (exact) mass is 337 g/mol. The molecule has 1 N–H and O–H groups in total. The first-order valence-electron chi connectivity index (χ1n) is 7.60. The number of rotatable bonds is 6. The van der Waals surface area contributed by atoms with Crippen molar-refractivity contribution in [2.24, 2.45) is 5.41 Å². The fraction of sp³-hybridized carbons (Fsp3) is 0.588. The van der Waals surface area contributed by atoms with Gasteiger partial charge in [-0.1, -0.05) is 35.8 Å². The van der Waals surface area contributed by atoms with Gasteiger partial charge in [-0.05, 0) is 60.8 Å². The fourth-order valence-electron chi connectivity index (χ4n) is 2.82. The molecule has 0 spiro atoms. The number of carbonyl (C=O) groups excluding carboxylic acids is 1. The van der Waals surface area contributed by atoms with Gasteiger partial charge in [0.1, 0.15) is 0 Å². The van der Waals surface area contributed by atoms with Crippen molar-refractivity contribution in [3.8, 4) is 0 Å². The van der Waals surface area contributed by atoms with Crippen LogP contribution in [-0.4, -0.2) is 17.8 Å². The largest absolute Gasteiger partial charge is 0.351 e. The zero-order valence-electron chi connectivity index (χ0n) is 12.5. The summed E-state index contributed by atoms with van der Waals surface area (Å²) in [7, 11) is 0. The summed E-state index contributed by atoms with van der Waals surface area (Å²) in [6.07, 6.45) is 5.64. The average Bonchev–Trinajstić information content (AvgIpc) is 2.96. The van der Waals surface area contributed by atoms with Gasteiger partial charge in [0, 0.05) is 17.4 Å². The molecule has 0 saturated heterocycles. The van der Waals surface area contributed by atoms with Crippen LogP contribution in [0.25, 0.3) is 0 Å². The van der Waals surface area contributed by atoms with E-state index in [9.17, 15) is 4.79 Å². The summed E-state index contributed by atoms with van der Waals surface area (Å²) in [5, 5.41) is 4.04. The summed E-state index contributed by atoms with van der Waals surface area (Å²) in [6, 6.07) is 6.16. The van der Waals surface area contributed by atoms with E-state index >= 15 is 0 Å². The first-order valence-corrected chi connectivity index (χ1v) is 8.72. The maximum Gasteiger partial charge on any atom is 0.251 e. The van der Waals surface area contributed by atoms with Crippen LogP contribution in [0.5, 0.6) is 0 Å². The molecule has 3 heteroatoms. The Balaban J connectivity index is 2.02. The Kier molecular flexibility index (Phi) is 5.25. The summed E-state index contributed by atoms with van der Waals surface area (Å²) in [4.78, 5) is 12.3. The van der Waals surface area contributed by atoms with Crippen molar-refractivity contribution in [2.75, 3.05) is 11.9 Å². The normalized spacial score (nSPS) is 14.2. The van der Waals surface area contributed by atoms with Crippen LogP contribution in [0.1, 0.15) is 54.6 Å². The van der Waals surface area contributed by atoms with E-state index in [0.29, 0.717) is 0 Å². The molecule has 0 unspecified atom stereocenters. The van der Waals surface area contributed by atoms with Gasteiger partial charge in [0.15, 0.2) is 0 Å². The molecule has 1 amide bonds. The van der Waals surface area contributed by atoms with Crippen molar-refractivity contribution >= 4 is 21.8 Å². The molecule has 20 heavy (non-hydrogen) atoms. The van der Waals surface area contributed by atoms with E-state index < -0.39 is 0 Å². The molecule has 1 aromatic rings. The van der Waals surface area contributed by atoms with Gasteiger partial charge in [-0.15, -0.1) is 0 Å². The molecule has 0 fully saturated rings. The van der Waals surface area contributed by atoms with Gasteiger partial charge in [-0.3, -0.25) is 4.79 Å². The average molecular weight is 338 g/mol. The number of benzene rings is 1. The van der Waals surface area contributed by atoms with E-state index in [1.807, 2.05) is 6.07 Å². The highest BCUT2D eigenvalue weighted by molar-refractivity contribution is 9.09. The number of aryl methyl sites for hydroxylation is 2. The third-order valence-corrected chi connectivity index (χ3v) is 5.96. The number of hydrogen-bond acceptors (Lipinski definition) is 1. The van der Waals surface area contributed by atoms with E-state index in [2.05, 4.69) is 47.2 Å². The lowest BCUT2D eigenvalue weighted by Gasteiger charge is -2.29. The smallest absolute Gasteiger partial charge is 0.251 e. The zero-order valence-corrected chi connectivity index (χ0v) is 14.1. The van der Waals surface area contributed by atoms with Crippen LogP contribution in [0.2, 0.25) is 0 Å². The topological polar surface area (TPSA) is 29.1 Å². The SMILES string of the molecule is CCC(CC)(CBr)CNC(=O)c1ccc2c(c1)CCC2. The van der Waals surface area contributed by atoms with E-state index in [1.165, 1.54) is 17.5 Å². The van der Waals surface area contributed by atoms with Crippen LogP contribution < -0.4 is 5.32 Å². The lowest BCUT2D eigenvalue weighted by Crippen LogP contribution is -2.38. The fourth-order valence-corrected chi connectivity index (χ4v) is 3.81. The molecule has 2 nitrogen and oxygen atoms in total. The zero-order chi connectivity index (χ0) is 14.6. The predicted molar refractivity (Wildman–Crippen MR) is 87.6 cm³/mol. The lowest BCUT2D eigenvalue weighted by atomic mass is 9.84. The number of hydrogen-bond donors (Lipinski definition) is 1. The summed E-state index contributed by atoms with van der Waals surface area (Å²) in [5.74, 6) is 0.0620. The van der Waals surface area contributed by atoms with E-state index in [0.717, 1.165) is 43.1 Å². The van der Waals surface area contributed by atoms with Crippen molar-refractivity contribution in [3.05, 3.63) is 34.9 Å². The molecule has 0 aromatic heterocycles. The van der Waals surface area contributed by atoms with Gasteiger partial charge in [0.2, 0.25) is 0 Å². The minimum atomic E-state index is 0.0620. The third-order valence-electron chi connectivity index (χ3n) is 4.77. The highest BCUT2D eigenvalue weighted by Crippen LogP contribution is 2.28. The standard InChI is InChI=1S/C17H24BrNO/c1-3-17(4-2,11-18)12-19-16(20)15-9-8-13-6-5-7-14(13)10-15/h8-10H,3-7,11-12H2,1-2H3,(H,19,20). The van der Waals surface area contributed by atoms with Crippen LogP contribution >= 0.6 is 15.9 Å². The van der Waals surface area contributed by atoms with Crippen molar-refractivity contribution < 1.29 is 4.79 Å². The summed E-state index contributed by atoms with van der Waals surface area (Å²) >= 11 is 3.59. The van der Waals surface area contributed by atoms with Crippen molar-refractivity contribution in [1.29, 1.82) is 0 Å². The third kappa shape index (κ3) is 3.25. The highest BCUT2D eigenvalue weighted by atomic mass is 79.9. The molecule has 2 rings (SSSR count). The van der Waals surface area contributed by atoms with E-state index in [4.69, 9.17) is 0 Å². The molecule has 1 aromatic carbocycles. The Morgan fingerprint density at radius 3 is 2.60 bits per heavy atom. The minimum Gasteiger partial charge on any atom is -0.351 e. The molecule has 110 valence electrons. The van der Waals surface area contributed by atoms with Crippen LogP contribution in [0.15, 0.2) is 18.2 Å². The molecule has 0 bridgehead atoms. The molecule has 0 atom stereocenters. The van der Waals surface area contributed by atoms with Gasteiger partial charge in [-0.2, -0.15) is 0 Å². The van der Waals surface area contributed by atoms with Crippen molar-refractivity contribution in [1.82, 2.24) is 5.32 Å². The molecule has 0 aliphatic heterocycles.